The summed E-state index contributed by atoms with van der Waals surface area (Å²) < 4.78 is 28.5. The van der Waals surface area contributed by atoms with E-state index >= 15 is 0 Å². The van der Waals surface area contributed by atoms with E-state index in [0.29, 0.717) is 69.4 Å². The molecule has 0 atom stereocenters. The highest BCUT2D eigenvalue weighted by Gasteiger charge is 2.21. The van der Waals surface area contributed by atoms with Gasteiger partial charge in [0.05, 0.1) is 34.1 Å². The van der Waals surface area contributed by atoms with Crippen molar-refractivity contribution in [3.8, 4) is 11.4 Å². The predicted octanol–water partition coefficient (Wildman–Crippen LogP) is 6.76. The molecule has 0 saturated heterocycles. The fourth-order valence-electron chi connectivity index (χ4n) is 7.85. The van der Waals surface area contributed by atoms with Crippen LogP contribution in [0.3, 0.4) is 0 Å². The van der Waals surface area contributed by atoms with E-state index in [1.807, 2.05) is 115 Å². The van der Waals surface area contributed by atoms with Crippen molar-refractivity contribution in [2.45, 2.75) is 19.3 Å². The van der Waals surface area contributed by atoms with E-state index in [1.54, 1.807) is 39.7 Å². The average molecular weight is 870 g/mol. The number of nitrogens with two attached hydrogens (primary N) is 1. The van der Waals surface area contributed by atoms with Gasteiger partial charge in [-0.1, -0.05) is 66.7 Å². The molecule has 6 heterocycles. The molecule has 0 saturated carbocycles. The Hall–Kier alpha value is -8.44. The summed E-state index contributed by atoms with van der Waals surface area (Å²) in [7, 11) is -3.34. The summed E-state index contributed by atoms with van der Waals surface area (Å²) >= 11 is 0. The molecule has 6 aromatic heterocycles. The molecule has 16 nitrogen and oxygen atoms in total. The molecular weight excluding hydrogens is 831 g/mol. The number of aromatic amines is 2. The lowest BCUT2D eigenvalue weighted by Crippen LogP contribution is -2.21. The number of fused-ring (bicyclic) bond motifs is 6. The lowest BCUT2D eigenvalue weighted by molar-refractivity contribution is 0.259. The minimum atomic E-state index is -3.34. The Morgan fingerprint density at radius 2 is 1.16 bits per heavy atom. The van der Waals surface area contributed by atoms with Crippen LogP contribution in [0.4, 0.5) is 16.2 Å². The molecular formula is C47H39N11O5S. The van der Waals surface area contributed by atoms with E-state index in [1.165, 1.54) is 0 Å². The second kappa shape index (κ2) is 17.1. The highest BCUT2D eigenvalue weighted by Crippen LogP contribution is 2.27. The highest BCUT2D eigenvalue weighted by molar-refractivity contribution is 7.92. The van der Waals surface area contributed by atoms with Crippen molar-refractivity contribution < 1.29 is 13.2 Å². The number of nitrogens with zero attached hydrogens (tertiary/aromatic N) is 6. The number of sulfonamides is 1. The number of aromatic nitrogens is 8. The molecule has 0 unspecified atom stereocenters. The van der Waals surface area contributed by atoms with E-state index in [9.17, 15) is 22.8 Å². The number of nitrogens with one attached hydrogen (secondary N) is 4. The predicted molar refractivity (Wildman–Crippen MR) is 249 cm³/mol. The van der Waals surface area contributed by atoms with Gasteiger partial charge in [-0.25, -0.2) is 23.2 Å². The third-order valence-electron chi connectivity index (χ3n) is 10.6. The zero-order valence-electron chi connectivity index (χ0n) is 34.2. The minimum absolute atomic E-state index is 0.176. The van der Waals surface area contributed by atoms with E-state index < -0.39 is 16.1 Å². The molecule has 10 aromatic rings. The van der Waals surface area contributed by atoms with Crippen LogP contribution in [0.25, 0.3) is 55.2 Å². The van der Waals surface area contributed by atoms with E-state index in [2.05, 4.69) is 40.4 Å². The second-order valence-electron chi connectivity index (χ2n) is 14.9. The first-order valence-electron chi connectivity index (χ1n) is 20.1. The van der Waals surface area contributed by atoms with Crippen molar-refractivity contribution in [2.24, 2.45) is 5.73 Å². The van der Waals surface area contributed by atoms with Gasteiger partial charge >= 0.3 is 6.03 Å². The van der Waals surface area contributed by atoms with Crippen LogP contribution in [0, 0.1) is 0 Å². The van der Waals surface area contributed by atoms with Gasteiger partial charge in [0.2, 0.25) is 10.0 Å². The fourth-order valence-corrected chi connectivity index (χ4v) is 8.41. The normalized spacial score (nSPS) is 11.5. The van der Waals surface area contributed by atoms with Crippen molar-refractivity contribution in [1.82, 2.24) is 39.5 Å². The van der Waals surface area contributed by atoms with Gasteiger partial charge in [-0.3, -0.25) is 33.6 Å². The van der Waals surface area contributed by atoms with Crippen molar-refractivity contribution in [3.05, 3.63) is 189 Å². The third-order valence-corrected chi connectivity index (χ3v) is 11.2. The first kappa shape index (κ1) is 40.9. The van der Waals surface area contributed by atoms with Crippen LogP contribution in [0.5, 0.6) is 0 Å². The molecule has 10 rings (SSSR count). The lowest BCUT2D eigenvalue weighted by atomic mass is 10.0. The van der Waals surface area contributed by atoms with Crippen LogP contribution in [-0.2, 0) is 29.3 Å². The van der Waals surface area contributed by atoms with E-state index in [0.717, 1.165) is 45.2 Å². The molecule has 64 heavy (non-hydrogen) atoms. The number of hydrogen-bond acceptors (Lipinski definition) is 9. The molecule has 17 heteroatoms. The van der Waals surface area contributed by atoms with Crippen LogP contribution < -0.4 is 26.9 Å². The smallest absolute Gasteiger partial charge is 0.316 e. The number of aryl methyl sites for hydroxylation is 2. The number of carbonyl (C=O) groups excluding carboxylic acids is 1. The Labute approximate surface area is 364 Å². The molecule has 0 spiro atoms. The lowest BCUT2D eigenvalue weighted by Gasteiger charge is -2.11. The zero-order chi connectivity index (χ0) is 44.4. The monoisotopic (exact) mass is 869 g/mol. The first-order chi connectivity index (χ1) is 31.0. The fraction of sp³-hybridized carbons (Fsp3) is 0.0851. The Morgan fingerprint density at radius 3 is 1.70 bits per heavy atom. The first-order valence-corrected chi connectivity index (χ1v) is 22.0. The van der Waals surface area contributed by atoms with Gasteiger partial charge in [-0.2, -0.15) is 10.2 Å². The molecule has 0 aliphatic carbocycles. The molecule has 2 amide bonds. The molecule has 0 bridgehead atoms. The second-order valence-corrected chi connectivity index (χ2v) is 16.7. The van der Waals surface area contributed by atoms with Crippen LogP contribution in [-0.4, -0.2) is 60.2 Å². The van der Waals surface area contributed by atoms with Gasteiger partial charge in [0.1, 0.15) is 22.3 Å². The molecule has 0 fully saturated rings. The van der Waals surface area contributed by atoms with Gasteiger partial charge in [-0.05, 0) is 90.7 Å². The average Bonchev–Trinajstić information content (AvgIpc) is 3.93. The Balaban J connectivity index is 0.000000162. The van der Waals surface area contributed by atoms with Gasteiger partial charge < -0.3 is 11.1 Å². The summed E-state index contributed by atoms with van der Waals surface area (Å²) in [6, 6.07) is 40.2. The summed E-state index contributed by atoms with van der Waals surface area (Å²) in [5.41, 5.74) is 13.0. The summed E-state index contributed by atoms with van der Waals surface area (Å²) in [6.45, 7) is 0. The van der Waals surface area contributed by atoms with Crippen molar-refractivity contribution in [2.75, 3.05) is 16.3 Å². The highest BCUT2D eigenvalue weighted by atomic mass is 32.2. The molecule has 0 radical (unpaired) electrons. The number of hydrogen-bond donors (Lipinski definition) is 5. The number of anilines is 2. The molecule has 6 N–H and O–H groups in total. The number of primary amides is 1. The number of pyridine rings is 4. The SMILES string of the molecule is CS(=O)(=O)Nc1ccc(Cc2[nH]nc3c2c(=O)n(-c2ccccc2)c2ncccc32)cc1.NC(=O)Nc1ccccc1CCc1[nH]nc2c1c(=O)n(-c1ccccc1)c1ncccc21. The number of para-hydroxylation sites is 3. The van der Waals surface area contributed by atoms with Crippen LogP contribution in [0.2, 0.25) is 0 Å². The Morgan fingerprint density at radius 1 is 0.641 bits per heavy atom. The minimum Gasteiger partial charge on any atom is -0.351 e. The quantitative estimate of drug-likeness (QED) is 0.0977. The van der Waals surface area contributed by atoms with Crippen molar-refractivity contribution >= 4 is 71.3 Å². The Bertz CT molecular complexity index is 3590. The number of H-pyrrole nitrogens is 2. The number of benzene rings is 4. The van der Waals surface area contributed by atoms with E-state index in [4.69, 9.17) is 5.73 Å². The third kappa shape index (κ3) is 8.17. The molecule has 0 aliphatic rings. The standard InChI is InChI=1S/C24H20N6O2.C23H19N5O3S/c25-24(32)27-18-11-5-4-7-15(18)12-13-19-20-21(29-28-19)17-10-6-14-26-22(17)30(23(20)31)16-8-2-1-3-9-16;1-32(30,31)27-16-11-9-15(10-12-16)14-19-20-21(26-25-19)18-8-5-13-24-22(18)28(23(20)29)17-6-3-2-4-7-17/h1-11,14H,12-13H2,(H,28,29)(H3,25,27,32);2-13,27H,14H2,1H3,(H,25,26). The molecule has 318 valence electrons. The number of rotatable bonds is 10. The topological polar surface area (TPSA) is 228 Å². The van der Waals surface area contributed by atoms with Crippen LogP contribution in [0.15, 0.2) is 155 Å². The van der Waals surface area contributed by atoms with Crippen molar-refractivity contribution in [1.29, 1.82) is 0 Å². The number of urea groups is 1. The van der Waals surface area contributed by atoms with Gasteiger partial charge in [0.25, 0.3) is 11.1 Å². The summed E-state index contributed by atoms with van der Waals surface area (Å²) in [6.07, 6.45) is 5.99. The number of carbonyl (C=O) groups is 1. The summed E-state index contributed by atoms with van der Waals surface area (Å²) in [5.74, 6) is 0. The Kier molecular flexibility index (Phi) is 11.0. The van der Waals surface area contributed by atoms with Crippen LogP contribution >= 0.6 is 0 Å². The van der Waals surface area contributed by atoms with Crippen molar-refractivity contribution in [3.63, 3.8) is 0 Å². The zero-order valence-corrected chi connectivity index (χ0v) is 35.0. The maximum absolute atomic E-state index is 13.6. The van der Waals surface area contributed by atoms with Gasteiger partial charge in [0, 0.05) is 46.7 Å². The molecule has 0 aliphatic heterocycles. The maximum atomic E-state index is 13.6. The van der Waals surface area contributed by atoms with Crippen LogP contribution in [0.1, 0.15) is 22.5 Å². The van der Waals surface area contributed by atoms with E-state index in [-0.39, 0.29) is 11.1 Å². The summed E-state index contributed by atoms with van der Waals surface area (Å²) in [4.78, 5) is 47.5. The van der Waals surface area contributed by atoms with Gasteiger partial charge in [0.15, 0.2) is 0 Å². The summed E-state index contributed by atoms with van der Waals surface area (Å²) in [5, 5.41) is 20.2. The largest absolute Gasteiger partial charge is 0.351 e. The maximum Gasteiger partial charge on any atom is 0.316 e. The molecule has 4 aromatic carbocycles. The van der Waals surface area contributed by atoms with Gasteiger partial charge in [-0.15, -0.1) is 0 Å². The number of amides is 2.